The molecule has 3 N–H and O–H groups in total. The third kappa shape index (κ3) is 2.84. The second kappa shape index (κ2) is 6.83. The maximum Gasteiger partial charge on any atom is 0.240 e. The molecular weight excluding hydrogens is 260 g/mol. The molecule has 0 spiro atoms. The summed E-state index contributed by atoms with van der Waals surface area (Å²) in [6.45, 7) is 2.85. The highest BCUT2D eigenvalue weighted by molar-refractivity contribution is 5.26. The van der Waals surface area contributed by atoms with Gasteiger partial charge in [-0.3, -0.25) is 11.3 Å². The van der Waals surface area contributed by atoms with E-state index in [-0.39, 0.29) is 18.1 Å². The minimum atomic E-state index is -0.157. The molecular formula is C13H22N4O3. The average Bonchev–Trinajstić information content (AvgIpc) is 2.96. The zero-order valence-corrected chi connectivity index (χ0v) is 12.1. The van der Waals surface area contributed by atoms with Crippen LogP contribution in [0.15, 0.2) is 6.20 Å². The van der Waals surface area contributed by atoms with Crippen LogP contribution in [0, 0.1) is 5.92 Å². The second-order valence-corrected chi connectivity index (χ2v) is 4.72. The van der Waals surface area contributed by atoms with Crippen molar-refractivity contribution >= 4 is 0 Å². The van der Waals surface area contributed by atoms with Crippen molar-refractivity contribution in [3.63, 3.8) is 0 Å². The summed E-state index contributed by atoms with van der Waals surface area (Å²) in [6, 6.07) is -0.157. The van der Waals surface area contributed by atoms with Crippen molar-refractivity contribution in [2.24, 2.45) is 11.8 Å². The molecule has 3 atom stereocenters. The summed E-state index contributed by atoms with van der Waals surface area (Å²) in [7, 11) is 3.10. The number of nitrogens with one attached hydrogen (secondary N) is 1. The molecule has 0 saturated carbocycles. The van der Waals surface area contributed by atoms with Gasteiger partial charge in [0.1, 0.15) is 5.69 Å². The summed E-state index contributed by atoms with van der Waals surface area (Å²) in [5, 5.41) is 0. The van der Waals surface area contributed by atoms with E-state index in [1.54, 1.807) is 20.4 Å². The molecule has 0 radical (unpaired) electrons. The molecule has 0 bridgehead atoms. The van der Waals surface area contributed by atoms with Gasteiger partial charge in [-0.2, -0.15) is 4.98 Å². The van der Waals surface area contributed by atoms with Crippen LogP contribution in [-0.2, 0) is 4.74 Å². The van der Waals surface area contributed by atoms with E-state index in [0.717, 1.165) is 19.4 Å². The van der Waals surface area contributed by atoms with Crippen LogP contribution in [0.4, 0.5) is 0 Å². The molecule has 7 heteroatoms. The van der Waals surface area contributed by atoms with Crippen LogP contribution < -0.4 is 20.7 Å². The van der Waals surface area contributed by atoms with Gasteiger partial charge in [0.05, 0.1) is 32.6 Å². The van der Waals surface area contributed by atoms with E-state index in [4.69, 9.17) is 20.1 Å². The van der Waals surface area contributed by atoms with Crippen molar-refractivity contribution in [3.8, 4) is 11.8 Å². The van der Waals surface area contributed by atoms with Gasteiger partial charge in [-0.25, -0.2) is 4.98 Å². The number of hydrogen-bond acceptors (Lipinski definition) is 7. The smallest absolute Gasteiger partial charge is 0.240 e. The molecule has 1 saturated heterocycles. The lowest BCUT2D eigenvalue weighted by atomic mass is 9.89. The van der Waals surface area contributed by atoms with Gasteiger partial charge < -0.3 is 14.2 Å². The van der Waals surface area contributed by atoms with Gasteiger partial charge in [0.2, 0.25) is 11.8 Å². The Morgan fingerprint density at radius 3 is 2.90 bits per heavy atom. The molecule has 1 aromatic rings. The van der Waals surface area contributed by atoms with Crippen LogP contribution in [0.1, 0.15) is 31.5 Å². The molecule has 1 aromatic heterocycles. The first-order valence-corrected chi connectivity index (χ1v) is 6.77. The average molecular weight is 282 g/mol. The first-order chi connectivity index (χ1) is 9.74. The molecule has 1 aliphatic rings. The third-order valence-electron chi connectivity index (χ3n) is 3.71. The van der Waals surface area contributed by atoms with Crippen LogP contribution >= 0.6 is 0 Å². The number of ether oxygens (including phenoxy) is 3. The maximum absolute atomic E-state index is 5.74. The van der Waals surface area contributed by atoms with E-state index < -0.39 is 0 Å². The number of hydrazine groups is 1. The standard InChI is InChI=1S/C13H22N4O3/c1-4-9-8(5-6-20-9)11(17-14)12-13(19-3)16-10(18-2)7-15-12/h7-9,11,17H,4-6,14H2,1-3H3. The van der Waals surface area contributed by atoms with Gasteiger partial charge in [0.25, 0.3) is 0 Å². The summed E-state index contributed by atoms with van der Waals surface area (Å²) in [5.41, 5.74) is 3.52. The van der Waals surface area contributed by atoms with Gasteiger partial charge >= 0.3 is 0 Å². The Morgan fingerprint density at radius 2 is 2.30 bits per heavy atom. The summed E-state index contributed by atoms with van der Waals surface area (Å²) < 4.78 is 16.1. The van der Waals surface area contributed by atoms with Crippen molar-refractivity contribution in [1.29, 1.82) is 0 Å². The molecule has 3 unspecified atom stereocenters. The number of hydrogen-bond donors (Lipinski definition) is 2. The van der Waals surface area contributed by atoms with Crippen molar-refractivity contribution in [1.82, 2.24) is 15.4 Å². The monoisotopic (exact) mass is 282 g/mol. The highest BCUT2D eigenvalue weighted by Gasteiger charge is 2.36. The molecule has 1 aliphatic heterocycles. The number of nitrogens with two attached hydrogens (primary N) is 1. The summed E-state index contributed by atoms with van der Waals surface area (Å²) in [4.78, 5) is 8.65. The zero-order chi connectivity index (χ0) is 14.5. The summed E-state index contributed by atoms with van der Waals surface area (Å²) in [6.07, 6.45) is 3.61. The fourth-order valence-corrected chi connectivity index (χ4v) is 2.70. The lowest BCUT2D eigenvalue weighted by Gasteiger charge is -2.26. The molecule has 2 heterocycles. The van der Waals surface area contributed by atoms with Crippen molar-refractivity contribution in [2.75, 3.05) is 20.8 Å². The summed E-state index contributed by atoms with van der Waals surface area (Å²) in [5.74, 6) is 6.83. The number of aromatic nitrogens is 2. The predicted molar refractivity (Wildman–Crippen MR) is 73.3 cm³/mol. The molecule has 0 aromatic carbocycles. The Labute approximate surface area is 118 Å². The van der Waals surface area contributed by atoms with Gasteiger partial charge in [0.15, 0.2) is 0 Å². The van der Waals surface area contributed by atoms with Crippen LogP contribution in [0.5, 0.6) is 11.8 Å². The minimum absolute atomic E-state index is 0.157. The molecule has 20 heavy (non-hydrogen) atoms. The lowest BCUT2D eigenvalue weighted by molar-refractivity contribution is 0.0765. The van der Waals surface area contributed by atoms with Crippen molar-refractivity contribution < 1.29 is 14.2 Å². The van der Waals surface area contributed by atoms with Gasteiger partial charge in [-0.05, 0) is 12.8 Å². The Hall–Kier alpha value is -1.44. The highest BCUT2D eigenvalue weighted by Crippen LogP contribution is 2.36. The Morgan fingerprint density at radius 1 is 1.50 bits per heavy atom. The third-order valence-corrected chi connectivity index (χ3v) is 3.71. The first-order valence-electron chi connectivity index (χ1n) is 6.77. The molecule has 0 aliphatic carbocycles. The van der Waals surface area contributed by atoms with Crippen molar-refractivity contribution in [2.45, 2.75) is 31.9 Å². The number of rotatable bonds is 6. The van der Waals surface area contributed by atoms with Gasteiger partial charge in [0, 0.05) is 12.5 Å². The fraction of sp³-hybridized carbons (Fsp3) is 0.692. The Balaban J connectivity index is 2.31. The molecule has 7 nitrogen and oxygen atoms in total. The summed E-state index contributed by atoms with van der Waals surface area (Å²) >= 11 is 0. The van der Waals surface area contributed by atoms with E-state index in [2.05, 4.69) is 22.3 Å². The van der Waals surface area contributed by atoms with E-state index in [0.29, 0.717) is 17.5 Å². The first kappa shape index (κ1) is 15.0. The highest BCUT2D eigenvalue weighted by atomic mass is 16.5. The largest absolute Gasteiger partial charge is 0.480 e. The van der Waals surface area contributed by atoms with Crippen LogP contribution in [0.25, 0.3) is 0 Å². The van der Waals surface area contributed by atoms with Crippen LogP contribution in [-0.4, -0.2) is 36.9 Å². The topological polar surface area (TPSA) is 91.5 Å². The SMILES string of the molecule is CCC1OCCC1C(NN)c1ncc(OC)nc1OC. The quantitative estimate of drug-likeness (QED) is 0.589. The second-order valence-electron chi connectivity index (χ2n) is 4.72. The van der Waals surface area contributed by atoms with E-state index in [9.17, 15) is 0 Å². The van der Waals surface area contributed by atoms with E-state index >= 15 is 0 Å². The molecule has 112 valence electrons. The molecule has 0 amide bonds. The Kier molecular flexibility index (Phi) is 5.11. The number of nitrogens with zero attached hydrogens (tertiary/aromatic N) is 2. The predicted octanol–water partition coefficient (Wildman–Crippen LogP) is 0.813. The van der Waals surface area contributed by atoms with Crippen LogP contribution in [0.2, 0.25) is 0 Å². The van der Waals surface area contributed by atoms with Gasteiger partial charge in [-0.1, -0.05) is 6.92 Å². The number of methoxy groups -OCH3 is 2. The van der Waals surface area contributed by atoms with Gasteiger partial charge in [-0.15, -0.1) is 0 Å². The molecule has 2 rings (SSSR count). The van der Waals surface area contributed by atoms with E-state index in [1.165, 1.54) is 0 Å². The fourth-order valence-electron chi connectivity index (χ4n) is 2.70. The van der Waals surface area contributed by atoms with E-state index in [1.807, 2.05) is 0 Å². The Bertz CT molecular complexity index is 444. The molecule has 1 fully saturated rings. The zero-order valence-electron chi connectivity index (χ0n) is 12.1. The van der Waals surface area contributed by atoms with Crippen LogP contribution in [0.3, 0.4) is 0 Å². The minimum Gasteiger partial charge on any atom is -0.480 e. The lowest BCUT2D eigenvalue weighted by Crippen LogP contribution is -2.37. The maximum atomic E-state index is 5.74. The normalized spacial score (nSPS) is 23.6. The van der Waals surface area contributed by atoms with Crippen molar-refractivity contribution in [3.05, 3.63) is 11.9 Å².